The predicted octanol–water partition coefficient (Wildman–Crippen LogP) is 3.82. The average molecular weight is 292 g/mol. The van der Waals surface area contributed by atoms with Crippen LogP contribution in [0.4, 0.5) is 0 Å². The van der Waals surface area contributed by atoms with Gasteiger partial charge in [-0.1, -0.05) is 36.4 Å². The largest absolute Gasteiger partial charge is 0.488 e. The van der Waals surface area contributed by atoms with Crippen LogP contribution in [0.1, 0.15) is 23.5 Å². The lowest BCUT2D eigenvalue weighted by atomic mass is 9.97. The maximum absolute atomic E-state index is 6.12. The normalized spacial score (nSPS) is 17.9. The first-order valence-corrected chi connectivity index (χ1v) is 7.89. The number of hydrogen-bond acceptors (Lipinski definition) is 2. The molecular formula is C19H20N2O. The molecule has 1 unspecified atom stereocenters. The number of fused-ring (bicyclic) bond motifs is 1. The molecule has 1 aliphatic heterocycles. The first-order chi connectivity index (χ1) is 10.9. The Labute approximate surface area is 130 Å². The zero-order valence-corrected chi connectivity index (χ0v) is 12.5. The van der Waals surface area contributed by atoms with Gasteiger partial charge >= 0.3 is 0 Å². The molecule has 3 aromatic rings. The highest BCUT2D eigenvalue weighted by Gasteiger charge is 2.21. The van der Waals surface area contributed by atoms with Gasteiger partial charge in [0.1, 0.15) is 12.4 Å². The van der Waals surface area contributed by atoms with E-state index in [0.717, 1.165) is 24.4 Å². The molecule has 0 saturated carbocycles. The van der Waals surface area contributed by atoms with Gasteiger partial charge in [-0.25, -0.2) is 0 Å². The molecule has 1 aromatic heterocycles. The van der Waals surface area contributed by atoms with E-state index in [2.05, 4.69) is 46.8 Å². The van der Waals surface area contributed by atoms with Crippen LogP contribution in [0.25, 0.3) is 10.9 Å². The number of ether oxygens (including phenoxy) is 1. The van der Waals surface area contributed by atoms with Crippen molar-refractivity contribution in [2.75, 3.05) is 13.1 Å². The highest BCUT2D eigenvalue weighted by Crippen LogP contribution is 2.35. The van der Waals surface area contributed by atoms with Crippen molar-refractivity contribution in [3.05, 3.63) is 65.9 Å². The van der Waals surface area contributed by atoms with Crippen LogP contribution in [0.2, 0.25) is 0 Å². The van der Waals surface area contributed by atoms with E-state index in [0.29, 0.717) is 12.5 Å². The zero-order valence-electron chi connectivity index (χ0n) is 12.5. The number of hydrogen-bond donors (Lipinski definition) is 2. The molecule has 4 rings (SSSR count). The lowest BCUT2D eigenvalue weighted by Crippen LogP contribution is -2.07. The van der Waals surface area contributed by atoms with Crippen LogP contribution < -0.4 is 10.1 Å². The third-order valence-corrected chi connectivity index (χ3v) is 4.44. The lowest BCUT2D eigenvalue weighted by Gasteiger charge is -2.12. The van der Waals surface area contributed by atoms with E-state index in [1.807, 2.05) is 18.2 Å². The van der Waals surface area contributed by atoms with Gasteiger partial charge in [0.15, 0.2) is 0 Å². The highest BCUT2D eigenvalue weighted by molar-refractivity contribution is 5.89. The van der Waals surface area contributed by atoms with Gasteiger partial charge in [0.05, 0.1) is 0 Å². The molecule has 3 heteroatoms. The first-order valence-electron chi connectivity index (χ1n) is 7.89. The van der Waals surface area contributed by atoms with Gasteiger partial charge in [-0.05, 0) is 42.1 Å². The topological polar surface area (TPSA) is 37.0 Å². The fraction of sp³-hybridized carbons (Fsp3) is 0.263. The molecule has 2 heterocycles. The number of nitrogens with one attached hydrogen (secondary N) is 2. The number of H-pyrrole nitrogens is 1. The van der Waals surface area contributed by atoms with Crippen LogP contribution in [-0.2, 0) is 6.61 Å². The molecule has 0 bridgehead atoms. The predicted molar refractivity (Wildman–Crippen MR) is 89.3 cm³/mol. The van der Waals surface area contributed by atoms with Gasteiger partial charge in [-0.2, -0.15) is 0 Å². The number of aromatic amines is 1. The van der Waals surface area contributed by atoms with Crippen molar-refractivity contribution < 1.29 is 4.74 Å². The van der Waals surface area contributed by atoms with Gasteiger partial charge in [-0.15, -0.1) is 0 Å². The summed E-state index contributed by atoms with van der Waals surface area (Å²) in [4.78, 5) is 3.40. The summed E-state index contributed by atoms with van der Waals surface area (Å²) < 4.78 is 6.12. The summed E-state index contributed by atoms with van der Waals surface area (Å²) in [7, 11) is 0. The second kappa shape index (κ2) is 5.85. The molecule has 2 N–H and O–H groups in total. The third-order valence-electron chi connectivity index (χ3n) is 4.44. The van der Waals surface area contributed by atoms with Crippen molar-refractivity contribution in [3.63, 3.8) is 0 Å². The second-order valence-electron chi connectivity index (χ2n) is 5.89. The summed E-state index contributed by atoms with van der Waals surface area (Å²) >= 11 is 0. The average Bonchev–Trinajstić information content (AvgIpc) is 3.23. The quantitative estimate of drug-likeness (QED) is 0.767. The summed E-state index contributed by atoms with van der Waals surface area (Å²) in [5, 5.41) is 4.69. The number of aromatic nitrogens is 1. The minimum atomic E-state index is 0.579. The van der Waals surface area contributed by atoms with E-state index in [9.17, 15) is 0 Å². The van der Waals surface area contributed by atoms with Gasteiger partial charge in [0.25, 0.3) is 0 Å². The second-order valence-corrected chi connectivity index (χ2v) is 5.89. The molecule has 0 amide bonds. The Bertz CT molecular complexity index is 757. The van der Waals surface area contributed by atoms with Crippen LogP contribution in [0, 0.1) is 0 Å². The number of rotatable bonds is 4. The Balaban J connectivity index is 1.66. The van der Waals surface area contributed by atoms with E-state index in [4.69, 9.17) is 4.74 Å². The van der Waals surface area contributed by atoms with E-state index in [1.165, 1.54) is 22.9 Å². The maximum atomic E-state index is 6.12. The van der Waals surface area contributed by atoms with Crippen molar-refractivity contribution >= 4 is 10.9 Å². The molecule has 1 atom stereocenters. The standard InChI is InChI=1S/C19H20N2O/c1-2-5-14(6-3-1)13-22-18-8-4-7-17-19(18)16(12-21-17)15-9-10-20-11-15/h1-8,12,15,20-21H,9-11,13H2. The molecule has 0 spiro atoms. The Morgan fingerprint density at radius 1 is 1.05 bits per heavy atom. The molecule has 1 saturated heterocycles. The Kier molecular flexibility index (Phi) is 3.57. The van der Waals surface area contributed by atoms with Crippen molar-refractivity contribution in [1.29, 1.82) is 0 Å². The van der Waals surface area contributed by atoms with E-state index in [1.54, 1.807) is 0 Å². The maximum Gasteiger partial charge on any atom is 0.129 e. The molecule has 2 aromatic carbocycles. The molecule has 0 radical (unpaired) electrons. The molecule has 0 aliphatic carbocycles. The van der Waals surface area contributed by atoms with E-state index >= 15 is 0 Å². The highest BCUT2D eigenvalue weighted by atomic mass is 16.5. The number of benzene rings is 2. The Morgan fingerprint density at radius 2 is 1.95 bits per heavy atom. The van der Waals surface area contributed by atoms with Crippen molar-refractivity contribution in [1.82, 2.24) is 10.3 Å². The van der Waals surface area contributed by atoms with Crippen molar-refractivity contribution in [2.45, 2.75) is 18.9 Å². The van der Waals surface area contributed by atoms with Gasteiger partial charge in [0.2, 0.25) is 0 Å². The monoisotopic (exact) mass is 292 g/mol. The fourth-order valence-electron chi connectivity index (χ4n) is 3.27. The molecule has 112 valence electrons. The molecule has 22 heavy (non-hydrogen) atoms. The van der Waals surface area contributed by atoms with Crippen LogP contribution in [0.3, 0.4) is 0 Å². The van der Waals surface area contributed by atoms with Gasteiger partial charge in [-0.3, -0.25) is 0 Å². The Morgan fingerprint density at radius 3 is 2.77 bits per heavy atom. The van der Waals surface area contributed by atoms with Crippen molar-refractivity contribution in [2.24, 2.45) is 0 Å². The SMILES string of the molecule is c1ccc(COc2cccc3[nH]cc(C4CCNC4)c23)cc1. The van der Waals surface area contributed by atoms with E-state index < -0.39 is 0 Å². The van der Waals surface area contributed by atoms with Gasteiger partial charge < -0.3 is 15.0 Å². The zero-order chi connectivity index (χ0) is 14.8. The molecular weight excluding hydrogens is 272 g/mol. The van der Waals surface area contributed by atoms with Crippen molar-refractivity contribution in [3.8, 4) is 5.75 Å². The first kappa shape index (κ1) is 13.4. The fourth-order valence-corrected chi connectivity index (χ4v) is 3.27. The minimum absolute atomic E-state index is 0.579. The summed E-state index contributed by atoms with van der Waals surface area (Å²) in [6, 6.07) is 16.6. The molecule has 1 aliphatic rings. The van der Waals surface area contributed by atoms with Crippen LogP contribution >= 0.6 is 0 Å². The van der Waals surface area contributed by atoms with Crippen LogP contribution in [0.5, 0.6) is 5.75 Å². The van der Waals surface area contributed by atoms with Crippen LogP contribution in [0.15, 0.2) is 54.7 Å². The Hall–Kier alpha value is -2.26. The lowest BCUT2D eigenvalue weighted by molar-refractivity contribution is 0.310. The third kappa shape index (κ3) is 2.48. The van der Waals surface area contributed by atoms with Gasteiger partial charge in [0, 0.05) is 23.6 Å². The molecule has 3 nitrogen and oxygen atoms in total. The summed E-state index contributed by atoms with van der Waals surface area (Å²) in [6.07, 6.45) is 3.34. The summed E-state index contributed by atoms with van der Waals surface area (Å²) in [5.41, 5.74) is 3.73. The summed E-state index contributed by atoms with van der Waals surface area (Å²) in [6.45, 7) is 2.76. The minimum Gasteiger partial charge on any atom is -0.488 e. The van der Waals surface area contributed by atoms with E-state index in [-0.39, 0.29) is 0 Å². The molecule has 1 fully saturated rings. The van der Waals surface area contributed by atoms with Crippen LogP contribution in [-0.4, -0.2) is 18.1 Å². The smallest absolute Gasteiger partial charge is 0.129 e. The summed E-state index contributed by atoms with van der Waals surface area (Å²) in [5.74, 6) is 1.56.